The molecule has 0 fully saturated rings. The van der Waals surface area contributed by atoms with Crippen LogP contribution in [-0.2, 0) is 17.8 Å². The Morgan fingerprint density at radius 1 is 1.24 bits per heavy atom. The quantitative estimate of drug-likeness (QED) is 0.796. The van der Waals surface area contributed by atoms with Gasteiger partial charge in [0.2, 0.25) is 0 Å². The third kappa shape index (κ3) is 4.12. The van der Waals surface area contributed by atoms with Crippen LogP contribution in [0.5, 0.6) is 0 Å². The highest BCUT2D eigenvalue weighted by molar-refractivity contribution is 5.26. The lowest BCUT2D eigenvalue weighted by molar-refractivity contribution is 0.199. The minimum absolute atomic E-state index is 0.213. The molecule has 4 nitrogen and oxygen atoms in total. The number of benzene rings is 1. The fourth-order valence-corrected chi connectivity index (χ4v) is 2.29. The van der Waals surface area contributed by atoms with Crippen molar-refractivity contribution >= 4 is 0 Å². The highest BCUT2D eigenvalue weighted by Crippen LogP contribution is 2.15. The van der Waals surface area contributed by atoms with Gasteiger partial charge in [-0.05, 0) is 31.5 Å². The summed E-state index contributed by atoms with van der Waals surface area (Å²) >= 11 is 0. The Bertz CT molecular complexity index is 578. The Balaban J connectivity index is 2.05. The molecule has 1 heterocycles. The first kappa shape index (κ1) is 15.7. The van der Waals surface area contributed by atoms with Crippen LogP contribution in [0.25, 0.3) is 0 Å². The fourth-order valence-electron chi connectivity index (χ4n) is 2.29. The molecular weight excluding hydrogens is 269 g/mol. The first-order valence-electron chi connectivity index (χ1n) is 7.08. The van der Waals surface area contributed by atoms with Gasteiger partial charge in [0, 0.05) is 31.5 Å². The Morgan fingerprint density at radius 3 is 2.62 bits per heavy atom. The maximum Gasteiger partial charge on any atom is 0.123 e. The summed E-state index contributed by atoms with van der Waals surface area (Å²) in [6.07, 6.45) is 0. The standard InChI is InChI=1S/C16H22FN3O/c1-12-16(10-18-8-9-21-3)13(2)20(19-12)11-14-4-6-15(17)7-5-14/h4-7,18H,8-11H2,1-3H3. The van der Waals surface area contributed by atoms with Gasteiger partial charge in [-0.3, -0.25) is 4.68 Å². The number of hydrogen-bond donors (Lipinski definition) is 1. The summed E-state index contributed by atoms with van der Waals surface area (Å²) in [5.41, 5.74) is 4.43. The molecule has 0 amide bonds. The lowest BCUT2D eigenvalue weighted by Crippen LogP contribution is -2.19. The van der Waals surface area contributed by atoms with E-state index in [1.54, 1.807) is 19.2 Å². The summed E-state index contributed by atoms with van der Waals surface area (Å²) in [6.45, 7) is 7.04. The van der Waals surface area contributed by atoms with E-state index < -0.39 is 0 Å². The zero-order valence-corrected chi connectivity index (χ0v) is 12.8. The Hall–Kier alpha value is -1.72. The lowest BCUT2D eigenvalue weighted by atomic mass is 10.2. The van der Waals surface area contributed by atoms with Crippen LogP contribution in [-0.4, -0.2) is 30.0 Å². The molecule has 5 heteroatoms. The molecule has 0 saturated carbocycles. The minimum Gasteiger partial charge on any atom is -0.383 e. The summed E-state index contributed by atoms with van der Waals surface area (Å²) in [4.78, 5) is 0. The van der Waals surface area contributed by atoms with Gasteiger partial charge in [-0.15, -0.1) is 0 Å². The molecule has 2 aromatic rings. The Morgan fingerprint density at radius 2 is 1.95 bits per heavy atom. The molecule has 1 aromatic heterocycles. The molecule has 0 aliphatic carbocycles. The number of halogens is 1. The van der Waals surface area contributed by atoms with Crippen molar-refractivity contribution in [3.63, 3.8) is 0 Å². The molecule has 0 spiro atoms. The second-order valence-corrected chi connectivity index (χ2v) is 5.10. The van der Waals surface area contributed by atoms with Gasteiger partial charge < -0.3 is 10.1 Å². The summed E-state index contributed by atoms with van der Waals surface area (Å²) in [7, 11) is 1.69. The van der Waals surface area contributed by atoms with E-state index in [4.69, 9.17) is 4.74 Å². The summed E-state index contributed by atoms with van der Waals surface area (Å²) in [6, 6.07) is 6.55. The van der Waals surface area contributed by atoms with Gasteiger partial charge in [-0.25, -0.2) is 4.39 Å². The lowest BCUT2D eigenvalue weighted by Gasteiger charge is -2.07. The summed E-state index contributed by atoms with van der Waals surface area (Å²) in [5, 5.41) is 7.92. The van der Waals surface area contributed by atoms with Gasteiger partial charge in [-0.2, -0.15) is 5.10 Å². The van der Waals surface area contributed by atoms with E-state index in [1.165, 1.54) is 17.7 Å². The predicted molar refractivity (Wildman–Crippen MR) is 80.8 cm³/mol. The van der Waals surface area contributed by atoms with Gasteiger partial charge in [0.15, 0.2) is 0 Å². The van der Waals surface area contributed by atoms with E-state index in [9.17, 15) is 4.39 Å². The molecule has 0 aliphatic rings. The second-order valence-electron chi connectivity index (χ2n) is 5.10. The molecule has 0 unspecified atom stereocenters. The molecule has 0 bridgehead atoms. The van der Waals surface area contributed by atoms with Crippen LogP contribution in [0, 0.1) is 19.7 Å². The van der Waals surface area contributed by atoms with Crippen molar-refractivity contribution in [3.05, 3.63) is 52.6 Å². The van der Waals surface area contributed by atoms with E-state index in [0.717, 1.165) is 30.0 Å². The molecule has 2 rings (SSSR count). The zero-order chi connectivity index (χ0) is 15.2. The maximum atomic E-state index is 12.9. The molecule has 0 radical (unpaired) electrons. The van der Waals surface area contributed by atoms with Crippen molar-refractivity contribution in [2.24, 2.45) is 0 Å². The number of aromatic nitrogens is 2. The average Bonchev–Trinajstić information content (AvgIpc) is 2.73. The number of ether oxygens (including phenoxy) is 1. The van der Waals surface area contributed by atoms with Crippen LogP contribution >= 0.6 is 0 Å². The monoisotopic (exact) mass is 291 g/mol. The van der Waals surface area contributed by atoms with Gasteiger partial charge in [0.25, 0.3) is 0 Å². The SMILES string of the molecule is COCCNCc1c(C)nn(Cc2ccc(F)cc2)c1C. The highest BCUT2D eigenvalue weighted by atomic mass is 19.1. The molecule has 0 aliphatic heterocycles. The van der Waals surface area contributed by atoms with Crippen molar-refractivity contribution in [1.29, 1.82) is 0 Å². The third-order valence-corrected chi connectivity index (χ3v) is 3.56. The number of nitrogens with one attached hydrogen (secondary N) is 1. The molecule has 0 saturated heterocycles. The highest BCUT2D eigenvalue weighted by Gasteiger charge is 2.11. The molecular formula is C16H22FN3O. The molecule has 114 valence electrons. The van der Waals surface area contributed by atoms with Crippen LogP contribution in [0.15, 0.2) is 24.3 Å². The maximum absolute atomic E-state index is 12.9. The van der Waals surface area contributed by atoms with Crippen molar-refractivity contribution in [2.75, 3.05) is 20.3 Å². The van der Waals surface area contributed by atoms with Crippen molar-refractivity contribution in [2.45, 2.75) is 26.9 Å². The smallest absolute Gasteiger partial charge is 0.123 e. The average molecular weight is 291 g/mol. The van der Waals surface area contributed by atoms with Crippen LogP contribution in [0.2, 0.25) is 0 Å². The van der Waals surface area contributed by atoms with E-state index in [2.05, 4.69) is 17.3 Å². The Labute approximate surface area is 124 Å². The van der Waals surface area contributed by atoms with E-state index >= 15 is 0 Å². The number of hydrogen-bond acceptors (Lipinski definition) is 3. The number of methoxy groups -OCH3 is 1. The van der Waals surface area contributed by atoms with Crippen molar-refractivity contribution in [3.8, 4) is 0 Å². The second kappa shape index (κ2) is 7.33. The van der Waals surface area contributed by atoms with Gasteiger partial charge in [-0.1, -0.05) is 12.1 Å². The van der Waals surface area contributed by atoms with Crippen molar-refractivity contribution < 1.29 is 9.13 Å². The van der Waals surface area contributed by atoms with Crippen LogP contribution in [0.3, 0.4) is 0 Å². The normalized spacial score (nSPS) is 11.0. The minimum atomic E-state index is -0.213. The van der Waals surface area contributed by atoms with Crippen LogP contribution in [0.4, 0.5) is 4.39 Å². The summed E-state index contributed by atoms with van der Waals surface area (Å²) in [5.74, 6) is -0.213. The van der Waals surface area contributed by atoms with Gasteiger partial charge >= 0.3 is 0 Å². The van der Waals surface area contributed by atoms with Crippen LogP contribution in [0.1, 0.15) is 22.5 Å². The first-order chi connectivity index (χ1) is 10.1. The molecule has 1 N–H and O–H groups in total. The predicted octanol–water partition coefficient (Wildman–Crippen LogP) is 2.42. The third-order valence-electron chi connectivity index (χ3n) is 3.56. The number of aryl methyl sites for hydroxylation is 1. The van der Waals surface area contributed by atoms with Crippen LogP contribution < -0.4 is 5.32 Å². The summed E-state index contributed by atoms with van der Waals surface area (Å²) < 4.78 is 19.9. The van der Waals surface area contributed by atoms with Gasteiger partial charge in [0.1, 0.15) is 5.82 Å². The molecule has 1 aromatic carbocycles. The number of rotatable bonds is 7. The first-order valence-corrected chi connectivity index (χ1v) is 7.08. The topological polar surface area (TPSA) is 39.1 Å². The fraction of sp³-hybridized carbons (Fsp3) is 0.438. The van der Waals surface area contributed by atoms with Gasteiger partial charge in [0.05, 0.1) is 18.8 Å². The van der Waals surface area contributed by atoms with E-state index in [1.807, 2.05) is 11.6 Å². The zero-order valence-electron chi connectivity index (χ0n) is 12.8. The van der Waals surface area contributed by atoms with E-state index in [-0.39, 0.29) is 5.82 Å². The Kier molecular flexibility index (Phi) is 5.47. The van der Waals surface area contributed by atoms with E-state index in [0.29, 0.717) is 13.2 Å². The largest absolute Gasteiger partial charge is 0.383 e. The number of nitrogens with zero attached hydrogens (tertiary/aromatic N) is 2. The van der Waals surface area contributed by atoms with Crippen molar-refractivity contribution in [1.82, 2.24) is 15.1 Å². The molecule has 21 heavy (non-hydrogen) atoms. The molecule has 0 atom stereocenters.